The Bertz CT molecular complexity index is 881. The number of piperazine rings is 1. The lowest BCUT2D eigenvalue weighted by Gasteiger charge is -2.35. The zero-order chi connectivity index (χ0) is 17.8. The summed E-state index contributed by atoms with van der Waals surface area (Å²) in [6.07, 6.45) is 2.80. The number of fused-ring (bicyclic) bond motifs is 1. The number of hydrogen-bond acceptors (Lipinski definition) is 3. The van der Waals surface area contributed by atoms with Gasteiger partial charge < -0.3 is 4.90 Å². The van der Waals surface area contributed by atoms with Crippen molar-refractivity contribution in [2.75, 3.05) is 32.7 Å². The van der Waals surface area contributed by atoms with E-state index in [0.717, 1.165) is 61.2 Å². The van der Waals surface area contributed by atoms with E-state index in [1.807, 2.05) is 53.6 Å². The number of carbonyl (C=O) groups is 1. The van der Waals surface area contributed by atoms with Crippen LogP contribution in [0.1, 0.15) is 16.1 Å². The summed E-state index contributed by atoms with van der Waals surface area (Å²) in [7, 11) is 0. The van der Waals surface area contributed by atoms with E-state index in [-0.39, 0.29) is 5.91 Å². The minimum Gasteiger partial charge on any atom is -0.336 e. The van der Waals surface area contributed by atoms with Crippen LogP contribution in [-0.2, 0) is 6.42 Å². The molecule has 1 saturated heterocycles. The van der Waals surface area contributed by atoms with Gasteiger partial charge in [-0.25, -0.2) is 0 Å². The van der Waals surface area contributed by atoms with Crippen LogP contribution in [0, 0.1) is 0 Å². The molecule has 1 amide bonds. The molecule has 1 aliphatic rings. The number of nitrogens with zero attached hydrogens (tertiary/aromatic N) is 3. The van der Waals surface area contributed by atoms with Crippen LogP contribution in [0.2, 0.25) is 0 Å². The van der Waals surface area contributed by atoms with Crippen LogP contribution in [0.25, 0.3) is 10.8 Å². The summed E-state index contributed by atoms with van der Waals surface area (Å²) in [5.41, 5.74) is 1.94. The second kappa shape index (κ2) is 7.67. The van der Waals surface area contributed by atoms with Crippen LogP contribution < -0.4 is 0 Å². The van der Waals surface area contributed by atoms with Gasteiger partial charge in [-0.05, 0) is 29.0 Å². The molecule has 132 valence electrons. The van der Waals surface area contributed by atoms with E-state index in [1.165, 1.54) is 0 Å². The van der Waals surface area contributed by atoms with Crippen molar-refractivity contribution in [1.82, 2.24) is 14.8 Å². The lowest BCUT2D eigenvalue weighted by Crippen LogP contribution is -2.49. The molecule has 1 aliphatic heterocycles. The summed E-state index contributed by atoms with van der Waals surface area (Å²) in [5.74, 6) is 0.145. The maximum Gasteiger partial charge on any atom is 0.254 e. The quantitative estimate of drug-likeness (QED) is 0.728. The van der Waals surface area contributed by atoms with Gasteiger partial charge in [0.1, 0.15) is 0 Å². The third-order valence-electron chi connectivity index (χ3n) is 5.09. The van der Waals surface area contributed by atoms with E-state index in [9.17, 15) is 4.79 Å². The molecule has 4 nitrogen and oxygen atoms in total. The molecule has 0 bridgehead atoms. The zero-order valence-electron chi connectivity index (χ0n) is 14.8. The zero-order valence-corrected chi connectivity index (χ0v) is 14.8. The third kappa shape index (κ3) is 3.60. The van der Waals surface area contributed by atoms with E-state index in [2.05, 4.69) is 28.1 Å². The lowest BCUT2D eigenvalue weighted by molar-refractivity contribution is 0.0640. The molecule has 0 radical (unpaired) electrons. The van der Waals surface area contributed by atoms with E-state index < -0.39 is 0 Å². The maximum atomic E-state index is 13.0. The second-order valence-corrected chi connectivity index (χ2v) is 6.73. The molecule has 0 saturated carbocycles. The monoisotopic (exact) mass is 345 g/mol. The fraction of sp³-hybridized carbons (Fsp3) is 0.273. The molecular formula is C22H23N3O. The molecule has 0 atom stereocenters. The van der Waals surface area contributed by atoms with Gasteiger partial charge in [-0.15, -0.1) is 0 Å². The SMILES string of the molecule is O=C(c1cccc2ccccc12)N1CCN(CCc2ccccn2)CC1. The van der Waals surface area contributed by atoms with Crippen molar-refractivity contribution in [1.29, 1.82) is 0 Å². The third-order valence-corrected chi connectivity index (χ3v) is 5.09. The van der Waals surface area contributed by atoms with Gasteiger partial charge in [0.15, 0.2) is 0 Å². The molecule has 4 heteroatoms. The Kier molecular flexibility index (Phi) is 4.93. The molecule has 1 fully saturated rings. The van der Waals surface area contributed by atoms with Crippen molar-refractivity contribution in [2.45, 2.75) is 6.42 Å². The van der Waals surface area contributed by atoms with Gasteiger partial charge in [0, 0.05) is 56.6 Å². The number of hydrogen-bond donors (Lipinski definition) is 0. The van der Waals surface area contributed by atoms with Crippen LogP contribution >= 0.6 is 0 Å². The molecule has 0 N–H and O–H groups in total. The second-order valence-electron chi connectivity index (χ2n) is 6.73. The summed E-state index contributed by atoms with van der Waals surface area (Å²) < 4.78 is 0. The minimum absolute atomic E-state index is 0.145. The number of rotatable bonds is 4. The molecular weight excluding hydrogens is 322 g/mol. The normalized spacial score (nSPS) is 15.3. The molecule has 0 spiro atoms. The summed E-state index contributed by atoms with van der Waals surface area (Å²) in [5, 5.41) is 2.16. The number of amides is 1. The van der Waals surface area contributed by atoms with Crippen molar-refractivity contribution >= 4 is 16.7 Å². The number of carbonyl (C=O) groups excluding carboxylic acids is 1. The highest BCUT2D eigenvalue weighted by atomic mass is 16.2. The van der Waals surface area contributed by atoms with Crippen LogP contribution in [0.5, 0.6) is 0 Å². The van der Waals surface area contributed by atoms with Gasteiger partial charge in [0.25, 0.3) is 5.91 Å². The average molecular weight is 345 g/mol. The molecule has 2 heterocycles. The van der Waals surface area contributed by atoms with Crippen LogP contribution in [0.15, 0.2) is 66.9 Å². The molecule has 26 heavy (non-hydrogen) atoms. The maximum absolute atomic E-state index is 13.0. The summed E-state index contributed by atoms with van der Waals surface area (Å²) in [6.45, 7) is 4.40. The van der Waals surface area contributed by atoms with Crippen molar-refractivity contribution in [3.8, 4) is 0 Å². The summed E-state index contributed by atoms with van der Waals surface area (Å²) in [6, 6.07) is 20.1. The smallest absolute Gasteiger partial charge is 0.254 e. The minimum atomic E-state index is 0.145. The van der Waals surface area contributed by atoms with Gasteiger partial charge >= 0.3 is 0 Å². The Balaban J connectivity index is 1.37. The molecule has 1 aromatic heterocycles. The Hall–Kier alpha value is -2.72. The molecule has 2 aromatic carbocycles. The van der Waals surface area contributed by atoms with Gasteiger partial charge in [0.05, 0.1) is 0 Å². The standard InChI is InChI=1S/C22H23N3O/c26-22(21-10-5-7-18-6-1-2-9-20(18)21)25-16-14-24(15-17-25)13-11-19-8-3-4-12-23-19/h1-10,12H,11,13-17H2. The van der Waals surface area contributed by atoms with Crippen LogP contribution in [0.4, 0.5) is 0 Å². The Morgan fingerprint density at radius 2 is 1.65 bits per heavy atom. The van der Waals surface area contributed by atoms with E-state index in [4.69, 9.17) is 0 Å². The predicted octanol–water partition coefficient (Wildman–Crippen LogP) is 3.24. The Morgan fingerprint density at radius 3 is 2.46 bits per heavy atom. The summed E-state index contributed by atoms with van der Waals surface area (Å²) >= 11 is 0. The number of aromatic nitrogens is 1. The van der Waals surface area contributed by atoms with Gasteiger partial charge in [0.2, 0.25) is 0 Å². The average Bonchev–Trinajstić information content (AvgIpc) is 2.72. The molecule has 0 unspecified atom stereocenters. The van der Waals surface area contributed by atoms with Gasteiger partial charge in [-0.1, -0.05) is 42.5 Å². The van der Waals surface area contributed by atoms with Crippen LogP contribution in [0.3, 0.4) is 0 Å². The van der Waals surface area contributed by atoms with Crippen LogP contribution in [-0.4, -0.2) is 53.4 Å². The van der Waals surface area contributed by atoms with E-state index in [0.29, 0.717) is 0 Å². The Morgan fingerprint density at radius 1 is 0.885 bits per heavy atom. The van der Waals surface area contributed by atoms with Crippen molar-refractivity contribution < 1.29 is 4.79 Å². The van der Waals surface area contributed by atoms with E-state index in [1.54, 1.807) is 0 Å². The van der Waals surface area contributed by atoms with E-state index >= 15 is 0 Å². The number of benzene rings is 2. The highest BCUT2D eigenvalue weighted by molar-refractivity contribution is 6.07. The highest BCUT2D eigenvalue weighted by Crippen LogP contribution is 2.20. The largest absolute Gasteiger partial charge is 0.336 e. The topological polar surface area (TPSA) is 36.4 Å². The molecule has 3 aromatic rings. The first-order chi connectivity index (χ1) is 12.8. The van der Waals surface area contributed by atoms with Crippen molar-refractivity contribution in [2.24, 2.45) is 0 Å². The predicted molar refractivity (Wildman–Crippen MR) is 104 cm³/mol. The highest BCUT2D eigenvalue weighted by Gasteiger charge is 2.23. The molecule has 4 rings (SSSR count). The van der Waals surface area contributed by atoms with Crippen molar-refractivity contribution in [3.63, 3.8) is 0 Å². The lowest BCUT2D eigenvalue weighted by atomic mass is 10.0. The van der Waals surface area contributed by atoms with Gasteiger partial charge in [-0.3, -0.25) is 14.7 Å². The summed E-state index contributed by atoms with van der Waals surface area (Å²) in [4.78, 5) is 21.8. The fourth-order valence-corrected chi connectivity index (χ4v) is 3.58. The first kappa shape index (κ1) is 16.7. The number of pyridine rings is 1. The van der Waals surface area contributed by atoms with Crippen molar-refractivity contribution in [3.05, 3.63) is 78.1 Å². The Labute approximate surface area is 154 Å². The first-order valence-corrected chi connectivity index (χ1v) is 9.20. The fourth-order valence-electron chi connectivity index (χ4n) is 3.58. The van der Waals surface area contributed by atoms with Gasteiger partial charge in [-0.2, -0.15) is 0 Å². The first-order valence-electron chi connectivity index (χ1n) is 9.20. The molecule has 0 aliphatic carbocycles.